The lowest BCUT2D eigenvalue weighted by Crippen LogP contribution is -2.36. The van der Waals surface area contributed by atoms with E-state index in [2.05, 4.69) is 6.58 Å². The molecule has 0 heterocycles. The van der Waals surface area contributed by atoms with E-state index in [0.717, 1.165) is 6.04 Å². The Labute approximate surface area is 65.0 Å². The van der Waals surface area contributed by atoms with Crippen LogP contribution in [0.4, 0.5) is 0 Å². The summed E-state index contributed by atoms with van der Waals surface area (Å²) in [6, 6.07) is 1.05. The molecule has 0 aliphatic heterocycles. The van der Waals surface area contributed by atoms with Crippen LogP contribution in [-0.4, -0.2) is 29.1 Å². The molecule has 10 heavy (non-hydrogen) atoms. The third-order valence-electron chi connectivity index (χ3n) is 1.67. The molecule has 0 saturated carbocycles. The Morgan fingerprint density at radius 2 is 2.00 bits per heavy atom. The minimum Gasteiger partial charge on any atom is -0.358 e. The van der Waals surface area contributed by atoms with Crippen LogP contribution in [0.25, 0.3) is 0 Å². The standard InChI is InChI=1S/C7H16O2Si/c1-5-6-10-7(2,8-3)9-4/h5H,1,6,10H2,2-4H3. The van der Waals surface area contributed by atoms with E-state index < -0.39 is 0 Å². The van der Waals surface area contributed by atoms with Crippen molar-refractivity contribution in [1.82, 2.24) is 0 Å². The fourth-order valence-corrected chi connectivity index (χ4v) is 1.79. The van der Waals surface area contributed by atoms with E-state index >= 15 is 0 Å². The van der Waals surface area contributed by atoms with Crippen LogP contribution >= 0.6 is 0 Å². The molecule has 0 spiro atoms. The predicted octanol–water partition coefficient (Wildman–Crippen LogP) is 0.726. The molecule has 0 unspecified atom stereocenters. The summed E-state index contributed by atoms with van der Waals surface area (Å²) < 4.78 is 10.4. The maximum absolute atomic E-state index is 5.18. The average Bonchev–Trinajstić information content (AvgIpc) is 2.00. The third-order valence-corrected chi connectivity index (χ3v) is 3.85. The van der Waals surface area contributed by atoms with Gasteiger partial charge in [-0.2, -0.15) is 0 Å². The van der Waals surface area contributed by atoms with Crippen LogP contribution in [0.1, 0.15) is 6.92 Å². The molecule has 0 amide bonds. The first kappa shape index (κ1) is 9.88. The van der Waals surface area contributed by atoms with Crippen molar-refractivity contribution in [2.75, 3.05) is 14.2 Å². The summed E-state index contributed by atoms with van der Waals surface area (Å²) in [5.41, 5.74) is -0.297. The maximum Gasteiger partial charge on any atom is 0.141 e. The Bertz CT molecular complexity index is 99.8. The molecule has 60 valence electrons. The van der Waals surface area contributed by atoms with E-state index in [4.69, 9.17) is 9.47 Å². The van der Waals surface area contributed by atoms with Crippen molar-refractivity contribution in [3.63, 3.8) is 0 Å². The summed E-state index contributed by atoms with van der Waals surface area (Å²) >= 11 is 0. The lowest BCUT2D eigenvalue weighted by molar-refractivity contribution is -0.130. The van der Waals surface area contributed by atoms with Crippen molar-refractivity contribution >= 4 is 9.52 Å². The van der Waals surface area contributed by atoms with Gasteiger partial charge in [-0.25, -0.2) is 0 Å². The number of rotatable bonds is 5. The van der Waals surface area contributed by atoms with Crippen LogP contribution in [0.15, 0.2) is 12.7 Å². The van der Waals surface area contributed by atoms with Gasteiger partial charge in [-0.15, -0.1) is 6.58 Å². The van der Waals surface area contributed by atoms with Crippen molar-refractivity contribution in [3.8, 4) is 0 Å². The van der Waals surface area contributed by atoms with Gasteiger partial charge in [0.1, 0.15) is 5.41 Å². The lowest BCUT2D eigenvalue weighted by Gasteiger charge is -2.25. The number of methoxy groups -OCH3 is 2. The average molecular weight is 160 g/mol. The Morgan fingerprint density at radius 1 is 1.50 bits per heavy atom. The fraction of sp³-hybridized carbons (Fsp3) is 0.714. The smallest absolute Gasteiger partial charge is 0.141 e. The highest BCUT2D eigenvalue weighted by Gasteiger charge is 2.20. The molecule has 0 bridgehead atoms. The van der Waals surface area contributed by atoms with Crippen LogP contribution in [0.3, 0.4) is 0 Å². The van der Waals surface area contributed by atoms with E-state index in [-0.39, 0.29) is 14.9 Å². The number of allylic oxidation sites excluding steroid dienone is 1. The van der Waals surface area contributed by atoms with Crippen LogP contribution in [0.5, 0.6) is 0 Å². The number of hydrogen-bond acceptors (Lipinski definition) is 2. The van der Waals surface area contributed by atoms with Crippen molar-refractivity contribution in [2.45, 2.75) is 18.4 Å². The summed E-state index contributed by atoms with van der Waals surface area (Å²) in [6.45, 7) is 5.63. The van der Waals surface area contributed by atoms with Gasteiger partial charge in [-0.1, -0.05) is 6.08 Å². The molecular formula is C7H16O2Si. The molecule has 0 fully saturated rings. The largest absolute Gasteiger partial charge is 0.358 e. The molecule has 0 saturated heterocycles. The highest BCUT2D eigenvalue weighted by Crippen LogP contribution is 2.08. The van der Waals surface area contributed by atoms with Gasteiger partial charge in [0.2, 0.25) is 0 Å². The first-order valence-corrected chi connectivity index (χ1v) is 5.10. The molecule has 0 aromatic carbocycles. The second-order valence-electron chi connectivity index (χ2n) is 2.37. The van der Waals surface area contributed by atoms with Gasteiger partial charge in [0.05, 0.1) is 9.52 Å². The molecule has 0 aromatic heterocycles. The highest BCUT2D eigenvalue weighted by molar-refractivity contribution is 6.39. The minimum absolute atomic E-state index is 0.297. The molecule has 0 aromatic rings. The van der Waals surface area contributed by atoms with Gasteiger partial charge >= 0.3 is 0 Å². The van der Waals surface area contributed by atoms with Gasteiger partial charge in [0.15, 0.2) is 0 Å². The third kappa shape index (κ3) is 3.15. The quantitative estimate of drug-likeness (QED) is 0.335. The molecule has 3 heteroatoms. The van der Waals surface area contributed by atoms with E-state index in [9.17, 15) is 0 Å². The van der Waals surface area contributed by atoms with Crippen LogP contribution in [-0.2, 0) is 9.47 Å². The molecule has 0 atom stereocenters. The minimum atomic E-state index is -0.334. The van der Waals surface area contributed by atoms with E-state index in [1.165, 1.54) is 0 Å². The van der Waals surface area contributed by atoms with Crippen molar-refractivity contribution in [3.05, 3.63) is 12.7 Å². The van der Waals surface area contributed by atoms with Crippen molar-refractivity contribution in [2.24, 2.45) is 0 Å². The summed E-state index contributed by atoms with van der Waals surface area (Å²) in [7, 11) is 3.03. The van der Waals surface area contributed by atoms with Crippen LogP contribution in [0.2, 0.25) is 6.04 Å². The van der Waals surface area contributed by atoms with E-state index in [1.54, 1.807) is 14.2 Å². The molecule has 2 nitrogen and oxygen atoms in total. The first-order valence-electron chi connectivity index (χ1n) is 3.39. The summed E-state index contributed by atoms with van der Waals surface area (Å²) in [5.74, 6) is 0. The highest BCUT2D eigenvalue weighted by atomic mass is 28.2. The van der Waals surface area contributed by atoms with E-state index in [1.807, 2.05) is 13.0 Å². The molecular weight excluding hydrogens is 144 g/mol. The fourth-order valence-electron chi connectivity index (χ4n) is 0.652. The number of ether oxygens (including phenoxy) is 2. The molecule has 0 aliphatic carbocycles. The summed E-state index contributed by atoms with van der Waals surface area (Å²) in [4.78, 5) is 0. The van der Waals surface area contributed by atoms with Gasteiger partial charge in [0.25, 0.3) is 0 Å². The zero-order chi connectivity index (χ0) is 8.04. The summed E-state index contributed by atoms with van der Waals surface area (Å²) in [5, 5.41) is 0. The Hall–Kier alpha value is -0.123. The van der Waals surface area contributed by atoms with Gasteiger partial charge in [-0.05, 0) is 13.0 Å². The molecule has 0 N–H and O–H groups in total. The van der Waals surface area contributed by atoms with E-state index in [0.29, 0.717) is 0 Å². The predicted molar refractivity (Wildman–Crippen MR) is 46.0 cm³/mol. The molecule has 0 radical (unpaired) electrons. The monoisotopic (exact) mass is 160 g/mol. The van der Waals surface area contributed by atoms with Crippen molar-refractivity contribution in [1.29, 1.82) is 0 Å². The van der Waals surface area contributed by atoms with Gasteiger partial charge in [-0.3, -0.25) is 0 Å². The first-order chi connectivity index (χ1) is 4.68. The van der Waals surface area contributed by atoms with Crippen LogP contribution in [0, 0.1) is 0 Å². The Kier molecular flexibility index (Phi) is 4.60. The Balaban J connectivity index is 3.68. The number of hydrogen-bond donors (Lipinski definition) is 0. The van der Waals surface area contributed by atoms with Crippen LogP contribution < -0.4 is 0 Å². The molecule has 0 aliphatic rings. The second kappa shape index (κ2) is 4.66. The molecule has 0 rings (SSSR count). The summed E-state index contributed by atoms with van der Waals surface area (Å²) in [6.07, 6.45) is 1.92. The maximum atomic E-state index is 5.18. The Morgan fingerprint density at radius 3 is 2.30 bits per heavy atom. The normalized spacial score (nSPS) is 12.7. The zero-order valence-electron chi connectivity index (χ0n) is 7.02. The second-order valence-corrected chi connectivity index (χ2v) is 4.73. The van der Waals surface area contributed by atoms with Gasteiger partial charge in [0, 0.05) is 14.2 Å². The SMILES string of the molecule is C=CC[SiH2]C(C)(OC)OC. The zero-order valence-corrected chi connectivity index (χ0v) is 8.43. The van der Waals surface area contributed by atoms with Crippen molar-refractivity contribution < 1.29 is 9.47 Å². The van der Waals surface area contributed by atoms with Gasteiger partial charge < -0.3 is 9.47 Å². The lowest BCUT2D eigenvalue weighted by atomic mass is 10.7. The topological polar surface area (TPSA) is 18.5 Å².